The molecule has 1 saturated heterocycles. The van der Waals surface area contributed by atoms with Crippen LogP contribution in [0.1, 0.15) is 12.2 Å². The Hall–Kier alpha value is -1.98. The molecule has 1 aliphatic rings. The maximum atomic E-state index is 11.8. The molecular formula is C10H11NO5. The van der Waals surface area contributed by atoms with Crippen molar-refractivity contribution in [3.8, 4) is 0 Å². The number of cyclic esters (lactones) is 1. The van der Waals surface area contributed by atoms with Crippen molar-refractivity contribution < 1.29 is 23.5 Å². The topological polar surface area (TPSA) is 77.8 Å². The van der Waals surface area contributed by atoms with Crippen molar-refractivity contribution in [3.05, 3.63) is 24.2 Å². The molecule has 1 amide bonds. The summed E-state index contributed by atoms with van der Waals surface area (Å²) in [7, 11) is 1.26. The van der Waals surface area contributed by atoms with Gasteiger partial charge >= 0.3 is 12.1 Å². The lowest BCUT2D eigenvalue weighted by atomic mass is 9.91. The summed E-state index contributed by atoms with van der Waals surface area (Å²) < 4.78 is 14.6. The highest BCUT2D eigenvalue weighted by atomic mass is 16.6. The lowest BCUT2D eigenvalue weighted by Gasteiger charge is -2.32. The summed E-state index contributed by atoms with van der Waals surface area (Å²) in [6.07, 6.45) is 1.05. The van der Waals surface area contributed by atoms with Crippen molar-refractivity contribution >= 4 is 12.1 Å². The smallest absolute Gasteiger partial charge is 0.408 e. The van der Waals surface area contributed by atoms with Crippen molar-refractivity contribution in [3.63, 3.8) is 0 Å². The molecule has 1 aromatic rings. The lowest BCUT2D eigenvalue weighted by Crippen LogP contribution is -2.56. The minimum absolute atomic E-state index is 0.141. The number of methoxy groups -OCH3 is 1. The molecule has 6 nitrogen and oxygen atoms in total. The van der Waals surface area contributed by atoms with Gasteiger partial charge in [0.05, 0.1) is 20.0 Å². The summed E-state index contributed by atoms with van der Waals surface area (Å²) in [5.74, 6) is -0.227. The maximum absolute atomic E-state index is 11.8. The summed E-state index contributed by atoms with van der Waals surface area (Å²) in [6, 6.07) is 3.25. The third-order valence-corrected chi connectivity index (χ3v) is 2.50. The summed E-state index contributed by atoms with van der Waals surface area (Å²) >= 11 is 0. The first kappa shape index (κ1) is 10.5. The van der Waals surface area contributed by atoms with Crippen LogP contribution in [0.25, 0.3) is 0 Å². The van der Waals surface area contributed by atoms with Gasteiger partial charge in [0.2, 0.25) is 5.54 Å². The molecule has 86 valence electrons. The highest BCUT2D eigenvalue weighted by Crippen LogP contribution is 2.29. The molecule has 1 aromatic heterocycles. The van der Waals surface area contributed by atoms with E-state index >= 15 is 0 Å². The number of esters is 1. The Morgan fingerprint density at radius 2 is 2.44 bits per heavy atom. The van der Waals surface area contributed by atoms with Crippen LogP contribution >= 0.6 is 0 Å². The van der Waals surface area contributed by atoms with Crippen LogP contribution in [0.4, 0.5) is 4.79 Å². The third kappa shape index (κ3) is 1.52. The Morgan fingerprint density at radius 3 is 3.00 bits per heavy atom. The molecule has 1 aliphatic heterocycles. The number of hydrogen-bond donors (Lipinski definition) is 1. The minimum atomic E-state index is -1.27. The van der Waals surface area contributed by atoms with E-state index in [1.165, 1.54) is 13.4 Å². The molecule has 2 rings (SSSR count). The Labute approximate surface area is 91.5 Å². The van der Waals surface area contributed by atoms with Gasteiger partial charge in [0, 0.05) is 6.42 Å². The average Bonchev–Trinajstić information content (AvgIpc) is 2.81. The molecule has 0 unspecified atom stereocenters. The summed E-state index contributed by atoms with van der Waals surface area (Å²) in [6.45, 7) is 0.141. The van der Waals surface area contributed by atoms with Crippen molar-refractivity contribution in [1.29, 1.82) is 0 Å². The van der Waals surface area contributed by atoms with Gasteiger partial charge in [-0.1, -0.05) is 0 Å². The van der Waals surface area contributed by atoms with E-state index in [9.17, 15) is 9.59 Å². The molecular weight excluding hydrogens is 214 g/mol. The Bertz CT molecular complexity index is 399. The molecule has 1 N–H and O–H groups in total. The molecule has 1 atom stereocenters. The van der Waals surface area contributed by atoms with E-state index < -0.39 is 17.6 Å². The van der Waals surface area contributed by atoms with Crippen LogP contribution in [-0.4, -0.2) is 25.8 Å². The predicted octanol–water partition coefficient (Wildman–Crippen LogP) is 0.778. The number of rotatable bonds is 2. The Balaban J connectivity index is 2.40. The van der Waals surface area contributed by atoms with Gasteiger partial charge in [-0.05, 0) is 12.1 Å². The van der Waals surface area contributed by atoms with Gasteiger partial charge in [0.15, 0.2) is 0 Å². The van der Waals surface area contributed by atoms with E-state index in [4.69, 9.17) is 13.9 Å². The number of carbonyl (C=O) groups is 2. The van der Waals surface area contributed by atoms with Gasteiger partial charge in [0.1, 0.15) is 5.76 Å². The summed E-state index contributed by atoms with van der Waals surface area (Å²) in [5, 5.41) is 2.45. The Morgan fingerprint density at radius 1 is 1.62 bits per heavy atom. The normalized spacial score (nSPS) is 24.4. The molecule has 16 heavy (non-hydrogen) atoms. The zero-order chi connectivity index (χ0) is 11.6. The van der Waals surface area contributed by atoms with E-state index in [1.54, 1.807) is 12.1 Å². The molecule has 0 bridgehead atoms. The number of ether oxygens (including phenoxy) is 2. The first-order valence-electron chi connectivity index (χ1n) is 4.76. The van der Waals surface area contributed by atoms with E-state index in [-0.39, 0.29) is 13.0 Å². The molecule has 0 saturated carbocycles. The molecule has 0 radical (unpaired) electrons. The molecule has 0 aliphatic carbocycles. The second kappa shape index (κ2) is 3.88. The number of nitrogens with one attached hydrogen (secondary N) is 1. The monoisotopic (exact) mass is 225 g/mol. The van der Waals surface area contributed by atoms with Crippen LogP contribution in [0.2, 0.25) is 0 Å². The predicted molar refractivity (Wildman–Crippen MR) is 51.5 cm³/mol. The minimum Gasteiger partial charge on any atom is -0.467 e. The molecule has 2 heterocycles. The van der Waals surface area contributed by atoms with Crippen LogP contribution in [-0.2, 0) is 19.8 Å². The molecule has 0 spiro atoms. The highest BCUT2D eigenvalue weighted by Gasteiger charge is 2.48. The zero-order valence-corrected chi connectivity index (χ0v) is 8.69. The quantitative estimate of drug-likeness (QED) is 0.752. The second-order valence-electron chi connectivity index (χ2n) is 3.39. The number of alkyl carbamates (subject to hydrolysis) is 1. The number of amides is 1. The lowest BCUT2D eigenvalue weighted by molar-refractivity contribution is -0.151. The van der Waals surface area contributed by atoms with Crippen LogP contribution in [0, 0.1) is 0 Å². The fraction of sp³-hybridized carbons (Fsp3) is 0.400. The van der Waals surface area contributed by atoms with Gasteiger partial charge in [-0.2, -0.15) is 0 Å². The third-order valence-electron chi connectivity index (χ3n) is 2.50. The fourth-order valence-electron chi connectivity index (χ4n) is 1.70. The van der Waals surface area contributed by atoms with Crippen molar-refractivity contribution in [2.75, 3.05) is 13.7 Å². The van der Waals surface area contributed by atoms with E-state index in [0.717, 1.165) is 0 Å². The second-order valence-corrected chi connectivity index (χ2v) is 3.39. The van der Waals surface area contributed by atoms with Gasteiger partial charge in [-0.25, -0.2) is 9.59 Å². The van der Waals surface area contributed by atoms with E-state index in [1.807, 2.05) is 0 Å². The molecule has 0 aromatic carbocycles. The summed E-state index contributed by atoms with van der Waals surface area (Å²) in [5.41, 5.74) is -1.27. The average molecular weight is 225 g/mol. The van der Waals surface area contributed by atoms with Crippen LogP contribution in [0.3, 0.4) is 0 Å². The van der Waals surface area contributed by atoms with Crippen LogP contribution < -0.4 is 5.32 Å². The van der Waals surface area contributed by atoms with Crippen LogP contribution in [0.15, 0.2) is 22.8 Å². The summed E-state index contributed by atoms with van der Waals surface area (Å²) in [4.78, 5) is 23.0. The number of furan rings is 1. The van der Waals surface area contributed by atoms with Gasteiger partial charge in [-0.15, -0.1) is 0 Å². The van der Waals surface area contributed by atoms with E-state index in [0.29, 0.717) is 5.76 Å². The van der Waals surface area contributed by atoms with Gasteiger partial charge in [0.25, 0.3) is 0 Å². The van der Waals surface area contributed by atoms with Gasteiger partial charge in [-0.3, -0.25) is 5.32 Å². The van der Waals surface area contributed by atoms with Gasteiger partial charge < -0.3 is 13.9 Å². The zero-order valence-electron chi connectivity index (χ0n) is 8.69. The standard InChI is InChI=1S/C10H11NO5/c1-14-8(12)10(7-3-2-5-15-7)4-6-16-9(13)11-10/h2-3,5H,4,6H2,1H3,(H,11,13)/t10-/m1/s1. The molecule has 1 fully saturated rings. The first-order chi connectivity index (χ1) is 7.69. The highest BCUT2D eigenvalue weighted by molar-refractivity contribution is 5.87. The number of carbonyl (C=O) groups excluding carboxylic acids is 2. The van der Waals surface area contributed by atoms with Crippen molar-refractivity contribution in [2.24, 2.45) is 0 Å². The van der Waals surface area contributed by atoms with Crippen molar-refractivity contribution in [1.82, 2.24) is 5.32 Å². The first-order valence-corrected chi connectivity index (χ1v) is 4.76. The fourth-order valence-corrected chi connectivity index (χ4v) is 1.70. The van der Waals surface area contributed by atoms with E-state index in [2.05, 4.69) is 5.32 Å². The maximum Gasteiger partial charge on any atom is 0.408 e. The largest absolute Gasteiger partial charge is 0.467 e. The number of hydrogen-bond acceptors (Lipinski definition) is 5. The Kier molecular flexibility index (Phi) is 2.55. The SMILES string of the molecule is COC(=O)[C@]1(c2ccco2)CCOC(=O)N1. The van der Waals surface area contributed by atoms with Crippen molar-refractivity contribution in [2.45, 2.75) is 12.0 Å². The van der Waals surface area contributed by atoms with Crippen LogP contribution in [0.5, 0.6) is 0 Å². The molecule has 6 heteroatoms.